The van der Waals surface area contributed by atoms with Crippen molar-refractivity contribution in [2.45, 2.75) is 0 Å². The molecule has 2 heterocycles. The van der Waals surface area contributed by atoms with Gasteiger partial charge in [-0.1, -0.05) is 60.7 Å². The van der Waals surface area contributed by atoms with Gasteiger partial charge in [-0.05, 0) is 30.3 Å². The number of rotatable bonds is 4. The fraction of sp³-hybridized carbons (Fsp3) is 0. The first-order chi connectivity index (χ1) is 12.4. The van der Waals surface area contributed by atoms with Crippen LogP contribution in [0.15, 0.2) is 97.1 Å². The van der Waals surface area contributed by atoms with E-state index in [1.54, 1.807) is 0 Å². The fourth-order valence-electron chi connectivity index (χ4n) is 2.57. The minimum Gasteiger partial charge on any atom is -0.439 e. The number of para-hydroxylation sites is 1. The molecule has 0 radical (unpaired) electrons. The van der Waals surface area contributed by atoms with Crippen molar-refractivity contribution in [2.24, 2.45) is 0 Å². The van der Waals surface area contributed by atoms with Crippen LogP contribution in [0.25, 0.3) is 22.6 Å². The highest BCUT2D eigenvalue weighted by Gasteiger charge is 2.06. The summed E-state index contributed by atoms with van der Waals surface area (Å²) < 4.78 is 5.82. The Bertz CT molecular complexity index is 969. The Labute approximate surface area is 146 Å². The third kappa shape index (κ3) is 3.56. The van der Waals surface area contributed by atoms with Crippen molar-refractivity contribution in [3.05, 3.63) is 97.1 Å². The number of ether oxygens (including phenoxy) is 1. The predicted molar refractivity (Wildman–Crippen MR) is 99.4 cm³/mol. The van der Waals surface area contributed by atoms with Gasteiger partial charge in [-0.3, -0.25) is 0 Å². The summed E-state index contributed by atoms with van der Waals surface area (Å²) in [5, 5.41) is 0. The lowest BCUT2D eigenvalue weighted by Gasteiger charge is -2.07. The van der Waals surface area contributed by atoms with Crippen molar-refractivity contribution >= 4 is 0 Å². The van der Waals surface area contributed by atoms with E-state index in [2.05, 4.69) is 17.1 Å². The van der Waals surface area contributed by atoms with Crippen molar-refractivity contribution in [2.75, 3.05) is 0 Å². The van der Waals surface area contributed by atoms with Crippen molar-refractivity contribution in [1.82, 2.24) is 9.97 Å². The zero-order valence-corrected chi connectivity index (χ0v) is 13.5. The average Bonchev–Trinajstić information content (AvgIpc) is 2.70. The summed E-state index contributed by atoms with van der Waals surface area (Å²) >= 11 is 0. The van der Waals surface area contributed by atoms with Crippen molar-refractivity contribution in [3.8, 4) is 34.3 Å². The van der Waals surface area contributed by atoms with Gasteiger partial charge >= 0.3 is 0 Å². The predicted octanol–water partition coefficient (Wildman–Crippen LogP) is 5.60. The molecule has 0 unspecified atom stereocenters. The Balaban J connectivity index is 1.65. The molecule has 0 spiro atoms. The topological polar surface area (TPSA) is 35.0 Å². The highest BCUT2D eigenvalue weighted by molar-refractivity contribution is 5.64. The number of pyridine rings is 2. The van der Waals surface area contributed by atoms with E-state index in [0.717, 1.165) is 28.4 Å². The first-order valence-electron chi connectivity index (χ1n) is 8.11. The van der Waals surface area contributed by atoms with E-state index in [9.17, 15) is 0 Å². The molecular formula is C22H16N2O. The molecule has 0 saturated heterocycles. The monoisotopic (exact) mass is 324 g/mol. The van der Waals surface area contributed by atoms with Crippen LogP contribution < -0.4 is 4.74 Å². The lowest BCUT2D eigenvalue weighted by Crippen LogP contribution is -1.93. The number of nitrogens with zero attached hydrogens (tertiary/aromatic N) is 2. The molecule has 2 aromatic heterocycles. The second-order valence-electron chi connectivity index (χ2n) is 5.55. The zero-order chi connectivity index (χ0) is 16.9. The van der Waals surface area contributed by atoms with Gasteiger partial charge in [-0.15, -0.1) is 0 Å². The van der Waals surface area contributed by atoms with Gasteiger partial charge in [0.15, 0.2) is 0 Å². The molecule has 0 fully saturated rings. The molecule has 0 saturated carbocycles. The van der Waals surface area contributed by atoms with Gasteiger partial charge < -0.3 is 4.74 Å². The van der Waals surface area contributed by atoms with Crippen LogP contribution in [0.2, 0.25) is 0 Å². The lowest BCUT2D eigenvalue weighted by atomic mass is 10.1. The molecule has 0 aliphatic rings. The molecule has 0 aliphatic heterocycles. The van der Waals surface area contributed by atoms with Crippen LogP contribution in [0.1, 0.15) is 0 Å². The Hall–Kier alpha value is -3.46. The van der Waals surface area contributed by atoms with Crippen molar-refractivity contribution < 1.29 is 4.74 Å². The van der Waals surface area contributed by atoms with Crippen LogP contribution in [-0.2, 0) is 0 Å². The van der Waals surface area contributed by atoms with E-state index in [-0.39, 0.29) is 0 Å². The summed E-state index contributed by atoms with van der Waals surface area (Å²) in [6.07, 6.45) is 0. The van der Waals surface area contributed by atoms with E-state index in [1.165, 1.54) is 0 Å². The molecule has 3 nitrogen and oxygen atoms in total. The third-order valence-corrected chi connectivity index (χ3v) is 3.77. The summed E-state index contributed by atoms with van der Waals surface area (Å²) in [6, 6.07) is 31.4. The Kier molecular flexibility index (Phi) is 4.21. The minimum absolute atomic E-state index is 0.551. The molecule has 0 aliphatic carbocycles. The van der Waals surface area contributed by atoms with Gasteiger partial charge in [0.25, 0.3) is 0 Å². The van der Waals surface area contributed by atoms with Crippen LogP contribution in [0.3, 0.4) is 0 Å². The molecule has 0 amide bonds. The van der Waals surface area contributed by atoms with Crippen molar-refractivity contribution in [1.29, 1.82) is 0 Å². The lowest BCUT2D eigenvalue weighted by molar-refractivity contribution is 0.463. The maximum absolute atomic E-state index is 5.82. The quantitative estimate of drug-likeness (QED) is 0.490. The summed E-state index contributed by atoms with van der Waals surface area (Å²) in [4.78, 5) is 9.33. The molecule has 3 heteroatoms. The highest BCUT2D eigenvalue weighted by Crippen LogP contribution is 2.24. The molecule has 0 bridgehead atoms. The van der Waals surface area contributed by atoms with Gasteiger partial charge in [0, 0.05) is 11.6 Å². The van der Waals surface area contributed by atoms with E-state index < -0.39 is 0 Å². The first kappa shape index (κ1) is 15.1. The summed E-state index contributed by atoms with van der Waals surface area (Å²) in [7, 11) is 0. The summed E-state index contributed by atoms with van der Waals surface area (Å²) in [5.41, 5.74) is 3.61. The highest BCUT2D eigenvalue weighted by atomic mass is 16.5. The molecule has 4 aromatic rings. The van der Waals surface area contributed by atoms with Gasteiger partial charge in [-0.25, -0.2) is 9.97 Å². The number of hydrogen-bond donors (Lipinski definition) is 0. The molecular weight excluding hydrogens is 308 g/mol. The van der Waals surface area contributed by atoms with Gasteiger partial charge in [0.1, 0.15) is 5.75 Å². The Morgan fingerprint density at radius 2 is 1.08 bits per heavy atom. The first-order valence-corrected chi connectivity index (χ1v) is 8.11. The van der Waals surface area contributed by atoms with Crippen LogP contribution in [0, 0.1) is 0 Å². The van der Waals surface area contributed by atoms with Crippen LogP contribution in [0.5, 0.6) is 11.6 Å². The standard InChI is InChI=1S/C22H16N2O/c1-3-9-17(10-4-1)19-13-7-14-20(23-19)21-15-8-16-22(24-21)25-18-11-5-2-6-12-18/h1-16H. The molecule has 0 atom stereocenters. The number of aromatic nitrogens is 2. The Morgan fingerprint density at radius 1 is 0.480 bits per heavy atom. The zero-order valence-electron chi connectivity index (χ0n) is 13.5. The summed E-state index contributed by atoms with van der Waals surface area (Å²) in [5.74, 6) is 1.31. The van der Waals surface area contributed by atoms with Crippen LogP contribution in [0.4, 0.5) is 0 Å². The number of benzene rings is 2. The third-order valence-electron chi connectivity index (χ3n) is 3.77. The van der Waals surface area contributed by atoms with E-state index >= 15 is 0 Å². The second kappa shape index (κ2) is 6.97. The largest absolute Gasteiger partial charge is 0.439 e. The normalized spacial score (nSPS) is 10.4. The van der Waals surface area contributed by atoms with Crippen molar-refractivity contribution in [3.63, 3.8) is 0 Å². The van der Waals surface area contributed by atoms with E-state index in [1.807, 2.05) is 84.9 Å². The molecule has 25 heavy (non-hydrogen) atoms. The maximum atomic E-state index is 5.82. The SMILES string of the molecule is c1ccc(Oc2cccc(-c3cccc(-c4ccccc4)n3)n2)cc1. The fourth-order valence-corrected chi connectivity index (χ4v) is 2.57. The molecule has 4 rings (SSSR count). The molecule has 2 aromatic carbocycles. The number of hydrogen-bond acceptors (Lipinski definition) is 3. The smallest absolute Gasteiger partial charge is 0.219 e. The van der Waals surface area contributed by atoms with E-state index in [4.69, 9.17) is 9.72 Å². The Morgan fingerprint density at radius 3 is 1.84 bits per heavy atom. The molecule has 120 valence electrons. The second-order valence-corrected chi connectivity index (χ2v) is 5.55. The minimum atomic E-state index is 0.551. The van der Waals surface area contributed by atoms with Gasteiger partial charge in [0.05, 0.1) is 17.1 Å². The average molecular weight is 324 g/mol. The van der Waals surface area contributed by atoms with Crippen LogP contribution >= 0.6 is 0 Å². The van der Waals surface area contributed by atoms with Gasteiger partial charge in [0.2, 0.25) is 5.88 Å². The van der Waals surface area contributed by atoms with Crippen LogP contribution in [-0.4, -0.2) is 9.97 Å². The van der Waals surface area contributed by atoms with E-state index in [0.29, 0.717) is 5.88 Å². The van der Waals surface area contributed by atoms with Gasteiger partial charge in [-0.2, -0.15) is 0 Å². The molecule has 0 N–H and O–H groups in total. The summed E-state index contributed by atoms with van der Waals surface area (Å²) in [6.45, 7) is 0. The maximum Gasteiger partial charge on any atom is 0.219 e.